The van der Waals surface area contributed by atoms with E-state index in [4.69, 9.17) is 4.74 Å². The van der Waals surface area contributed by atoms with Crippen molar-refractivity contribution in [2.24, 2.45) is 0 Å². The third kappa shape index (κ3) is 5.93. The van der Waals surface area contributed by atoms with Crippen LogP contribution >= 0.6 is 23.1 Å². The topological polar surface area (TPSA) is 92.8 Å². The number of carbonyl (C=O) groups excluding carboxylic acids is 1. The van der Waals surface area contributed by atoms with Gasteiger partial charge >= 0.3 is 0 Å². The molecule has 1 atom stereocenters. The van der Waals surface area contributed by atoms with Gasteiger partial charge in [0.25, 0.3) is 0 Å². The van der Waals surface area contributed by atoms with E-state index in [9.17, 15) is 10.1 Å². The molecule has 36 heavy (non-hydrogen) atoms. The van der Waals surface area contributed by atoms with Crippen LogP contribution < -0.4 is 10.1 Å². The van der Waals surface area contributed by atoms with Gasteiger partial charge in [-0.1, -0.05) is 42.3 Å². The highest BCUT2D eigenvalue weighted by Crippen LogP contribution is 2.37. The average Bonchev–Trinajstić information content (AvgIpc) is 3.39. The second-order valence-corrected chi connectivity index (χ2v) is 11.2. The minimum atomic E-state index is -0.286. The zero-order valence-corrected chi connectivity index (χ0v) is 23.0. The van der Waals surface area contributed by atoms with Crippen molar-refractivity contribution in [3.05, 3.63) is 51.2 Å². The molecule has 1 aliphatic carbocycles. The minimum Gasteiger partial charge on any atom is -0.482 e. The quantitative estimate of drug-likeness (QED) is 0.345. The number of benzene rings is 1. The number of ether oxygens (including phenoxy) is 1. The predicted octanol–water partition coefficient (Wildman–Crippen LogP) is 6.38. The summed E-state index contributed by atoms with van der Waals surface area (Å²) in [5.41, 5.74) is 4.05. The molecule has 1 aliphatic rings. The maximum absolute atomic E-state index is 12.8. The molecule has 7 nitrogen and oxygen atoms in total. The second kappa shape index (κ2) is 11.9. The summed E-state index contributed by atoms with van der Waals surface area (Å²) < 4.78 is 8.18. The van der Waals surface area contributed by atoms with Crippen LogP contribution in [0, 0.1) is 25.2 Å². The molecule has 0 bridgehead atoms. The number of rotatable bonds is 8. The summed E-state index contributed by atoms with van der Waals surface area (Å²) in [6.45, 7) is 8.75. The number of aromatic nitrogens is 3. The van der Waals surface area contributed by atoms with Gasteiger partial charge in [0.05, 0.1) is 11.3 Å². The number of thiophene rings is 1. The molecule has 0 radical (unpaired) electrons. The molecule has 2 heterocycles. The fraction of sp³-hybridized carbons (Fsp3) is 0.481. The first-order chi connectivity index (χ1) is 17.4. The SMILES string of the molecule is CCn1c(SCC(=O)Nc2sc3c(c2C#N)CCCCCC3)nnc1C(C)Oc1ccc(C)cc1C. The van der Waals surface area contributed by atoms with E-state index in [1.807, 2.05) is 37.5 Å². The number of fused-ring (bicyclic) bond motifs is 1. The number of anilines is 1. The van der Waals surface area contributed by atoms with Gasteiger partial charge in [-0.05, 0) is 70.6 Å². The molecule has 1 aromatic carbocycles. The standard InChI is InChI=1S/C27H33N5O2S2/c1-5-32-25(19(4)34-22-13-12-17(2)14-18(22)3)30-31-27(32)35-16-24(33)29-26-21(15-28)20-10-8-6-7-9-11-23(20)36-26/h12-14,19H,5-11,16H2,1-4H3,(H,29,33). The van der Waals surface area contributed by atoms with Gasteiger partial charge in [0, 0.05) is 11.4 Å². The van der Waals surface area contributed by atoms with Gasteiger partial charge in [0.2, 0.25) is 5.91 Å². The highest BCUT2D eigenvalue weighted by atomic mass is 32.2. The largest absolute Gasteiger partial charge is 0.482 e. The van der Waals surface area contributed by atoms with Crippen molar-refractivity contribution >= 4 is 34.0 Å². The molecular formula is C27H33N5O2S2. The Hall–Kier alpha value is -2.83. The second-order valence-electron chi connectivity index (χ2n) is 9.18. The summed E-state index contributed by atoms with van der Waals surface area (Å²) in [6.07, 6.45) is 6.29. The van der Waals surface area contributed by atoms with Crippen LogP contribution in [-0.4, -0.2) is 26.4 Å². The third-order valence-electron chi connectivity index (χ3n) is 6.43. The number of amides is 1. The van der Waals surface area contributed by atoms with Gasteiger partial charge in [0.15, 0.2) is 17.1 Å². The summed E-state index contributed by atoms with van der Waals surface area (Å²) in [4.78, 5) is 14.1. The van der Waals surface area contributed by atoms with Crippen molar-refractivity contribution in [1.82, 2.24) is 14.8 Å². The zero-order chi connectivity index (χ0) is 25.7. The minimum absolute atomic E-state index is 0.141. The van der Waals surface area contributed by atoms with Crippen molar-refractivity contribution < 1.29 is 9.53 Å². The number of aryl methyl sites for hydroxylation is 3. The Kier molecular flexibility index (Phi) is 8.70. The monoisotopic (exact) mass is 523 g/mol. The van der Waals surface area contributed by atoms with Gasteiger partial charge in [-0.2, -0.15) is 5.26 Å². The first-order valence-corrected chi connectivity index (χ1v) is 14.4. The van der Waals surface area contributed by atoms with Gasteiger partial charge in [0.1, 0.15) is 16.8 Å². The van der Waals surface area contributed by atoms with Crippen LogP contribution in [0.5, 0.6) is 5.75 Å². The Morgan fingerprint density at radius 2 is 2.03 bits per heavy atom. The number of nitriles is 1. The van der Waals surface area contributed by atoms with E-state index < -0.39 is 0 Å². The van der Waals surface area contributed by atoms with E-state index in [1.54, 1.807) is 11.3 Å². The fourth-order valence-electron chi connectivity index (χ4n) is 4.60. The Bertz CT molecular complexity index is 1270. The maximum atomic E-state index is 12.8. The fourth-order valence-corrected chi connectivity index (χ4v) is 6.66. The van der Waals surface area contributed by atoms with Crippen LogP contribution in [0.15, 0.2) is 23.4 Å². The molecule has 3 aromatic rings. The molecule has 0 spiro atoms. The average molecular weight is 524 g/mol. The number of hydrogen-bond donors (Lipinski definition) is 1. The third-order valence-corrected chi connectivity index (χ3v) is 8.60. The van der Waals surface area contributed by atoms with Crippen molar-refractivity contribution in [3.8, 4) is 11.8 Å². The molecule has 0 saturated carbocycles. The summed E-state index contributed by atoms with van der Waals surface area (Å²) in [5, 5.41) is 22.8. The molecule has 190 valence electrons. The lowest BCUT2D eigenvalue weighted by Crippen LogP contribution is -2.15. The number of thioether (sulfide) groups is 1. The van der Waals surface area contributed by atoms with E-state index in [-0.39, 0.29) is 17.8 Å². The van der Waals surface area contributed by atoms with E-state index in [0.717, 1.165) is 48.4 Å². The Morgan fingerprint density at radius 3 is 2.75 bits per heavy atom. The molecule has 0 saturated heterocycles. The van der Waals surface area contributed by atoms with Gasteiger partial charge in [-0.3, -0.25) is 4.79 Å². The lowest BCUT2D eigenvalue weighted by molar-refractivity contribution is -0.113. The molecule has 1 N–H and O–H groups in total. The van der Waals surface area contributed by atoms with Crippen LogP contribution in [0.2, 0.25) is 0 Å². The molecule has 2 aromatic heterocycles. The smallest absolute Gasteiger partial charge is 0.235 e. The molecular weight excluding hydrogens is 490 g/mol. The van der Waals surface area contributed by atoms with Crippen molar-refractivity contribution in [3.63, 3.8) is 0 Å². The Morgan fingerprint density at radius 1 is 1.25 bits per heavy atom. The lowest BCUT2D eigenvalue weighted by Gasteiger charge is -2.17. The molecule has 1 amide bonds. The lowest BCUT2D eigenvalue weighted by atomic mass is 9.97. The first kappa shape index (κ1) is 26.2. The van der Waals surface area contributed by atoms with Crippen molar-refractivity contribution in [2.45, 2.75) is 84.0 Å². The number of carbonyl (C=O) groups is 1. The number of nitrogens with zero attached hydrogens (tertiary/aromatic N) is 4. The molecule has 1 unspecified atom stereocenters. The van der Waals surface area contributed by atoms with Gasteiger partial charge < -0.3 is 14.6 Å². The van der Waals surface area contributed by atoms with E-state index in [2.05, 4.69) is 34.6 Å². The summed E-state index contributed by atoms with van der Waals surface area (Å²) in [6, 6.07) is 8.45. The van der Waals surface area contributed by atoms with Crippen molar-refractivity contribution in [2.75, 3.05) is 11.1 Å². The van der Waals surface area contributed by atoms with E-state index in [0.29, 0.717) is 22.3 Å². The summed E-state index contributed by atoms with van der Waals surface area (Å²) in [7, 11) is 0. The van der Waals surface area contributed by atoms with E-state index in [1.165, 1.54) is 35.0 Å². The van der Waals surface area contributed by atoms with Crippen LogP contribution in [-0.2, 0) is 24.2 Å². The zero-order valence-electron chi connectivity index (χ0n) is 21.4. The van der Waals surface area contributed by atoms with Gasteiger partial charge in [-0.15, -0.1) is 21.5 Å². The molecule has 9 heteroatoms. The normalized spacial score (nSPS) is 14.3. The molecule has 0 fully saturated rings. The van der Waals surface area contributed by atoms with Crippen LogP contribution in [0.25, 0.3) is 0 Å². The summed E-state index contributed by atoms with van der Waals surface area (Å²) >= 11 is 2.91. The van der Waals surface area contributed by atoms with Crippen molar-refractivity contribution in [1.29, 1.82) is 5.26 Å². The number of nitrogens with one attached hydrogen (secondary N) is 1. The summed E-state index contributed by atoms with van der Waals surface area (Å²) in [5.74, 6) is 1.60. The van der Waals surface area contributed by atoms with Gasteiger partial charge in [-0.25, -0.2) is 0 Å². The van der Waals surface area contributed by atoms with E-state index >= 15 is 0 Å². The number of hydrogen-bond acceptors (Lipinski definition) is 7. The Labute approximate surface area is 221 Å². The van der Waals surface area contributed by atoms with Crippen LogP contribution in [0.3, 0.4) is 0 Å². The predicted molar refractivity (Wildman–Crippen MR) is 145 cm³/mol. The molecule has 4 rings (SSSR count). The first-order valence-electron chi connectivity index (χ1n) is 12.6. The maximum Gasteiger partial charge on any atom is 0.235 e. The highest BCUT2D eigenvalue weighted by molar-refractivity contribution is 7.99. The highest BCUT2D eigenvalue weighted by Gasteiger charge is 2.22. The van der Waals surface area contributed by atoms with Crippen LogP contribution in [0.1, 0.15) is 78.6 Å². The van der Waals surface area contributed by atoms with Crippen LogP contribution in [0.4, 0.5) is 5.00 Å². The molecule has 0 aliphatic heterocycles. The Balaban J connectivity index is 1.42.